The van der Waals surface area contributed by atoms with Gasteiger partial charge in [0.05, 0.1) is 24.6 Å². The minimum Gasteiger partial charge on any atom is -0.507 e. The molecule has 1 atom stereocenters. The van der Waals surface area contributed by atoms with Crippen molar-refractivity contribution in [2.75, 3.05) is 13.2 Å². The highest BCUT2D eigenvalue weighted by molar-refractivity contribution is 6.46. The zero-order valence-electron chi connectivity index (χ0n) is 15.9. The van der Waals surface area contributed by atoms with Gasteiger partial charge in [0, 0.05) is 12.1 Å². The lowest BCUT2D eigenvalue weighted by Gasteiger charge is -2.25. The van der Waals surface area contributed by atoms with Crippen LogP contribution in [0.4, 0.5) is 0 Å². The Labute approximate surface area is 167 Å². The standard InChI is InChI=1S/C22H21NO6/c1-2-29-16-10-8-14(9-11-16)19-18(20(26)15-6-4-3-5-7-15)21(27)22(28)23(19)13-12-17(24)25/h3-11,19,26H,2,12-13H2,1H3,(H,24,25). The second-order valence-corrected chi connectivity index (χ2v) is 6.50. The first-order chi connectivity index (χ1) is 13.9. The minimum atomic E-state index is -1.08. The lowest BCUT2D eigenvalue weighted by Crippen LogP contribution is -2.31. The van der Waals surface area contributed by atoms with Crippen LogP contribution in [-0.2, 0) is 14.4 Å². The van der Waals surface area contributed by atoms with Crippen LogP contribution in [0.3, 0.4) is 0 Å². The number of hydrogen-bond acceptors (Lipinski definition) is 5. The highest BCUT2D eigenvalue weighted by Gasteiger charge is 2.46. The molecule has 1 fully saturated rings. The van der Waals surface area contributed by atoms with E-state index in [1.54, 1.807) is 54.6 Å². The van der Waals surface area contributed by atoms with Gasteiger partial charge >= 0.3 is 5.97 Å². The molecular weight excluding hydrogens is 374 g/mol. The maximum atomic E-state index is 12.7. The van der Waals surface area contributed by atoms with Crippen molar-refractivity contribution < 1.29 is 29.3 Å². The number of hydrogen-bond donors (Lipinski definition) is 2. The van der Waals surface area contributed by atoms with Gasteiger partial charge in [-0.25, -0.2) is 0 Å². The number of carboxylic acid groups (broad SMARTS) is 1. The monoisotopic (exact) mass is 395 g/mol. The van der Waals surface area contributed by atoms with Gasteiger partial charge in [0.15, 0.2) is 0 Å². The summed E-state index contributed by atoms with van der Waals surface area (Å²) in [6.45, 7) is 2.20. The van der Waals surface area contributed by atoms with Gasteiger partial charge in [-0.3, -0.25) is 14.4 Å². The van der Waals surface area contributed by atoms with Crippen LogP contribution in [0.1, 0.15) is 30.5 Å². The SMILES string of the molecule is CCOc1ccc(C2C(=C(O)c3ccccc3)C(=O)C(=O)N2CCC(=O)O)cc1. The molecule has 150 valence electrons. The summed E-state index contributed by atoms with van der Waals surface area (Å²) in [7, 11) is 0. The molecule has 0 bridgehead atoms. The summed E-state index contributed by atoms with van der Waals surface area (Å²) in [6.07, 6.45) is -0.314. The van der Waals surface area contributed by atoms with Crippen molar-refractivity contribution in [2.45, 2.75) is 19.4 Å². The van der Waals surface area contributed by atoms with E-state index in [4.69, 9.17) is 9.84 Å². The van der Waals surface area contributed by atoms with Crippen LogP contribution in [0.2, 0.25) is 0 Å². The molecule has 3 rings (SSSR count). The molecule has 2 aromatic carbocycles. The number of carbonyl (C=O) groups is 3. The van der Waals surface area contributed by atoms with Crippen molar-refractivity contribution in [3.63, 3.8) is 0 Å². The van der Waals surface area contributed by atoms with Crippen molar-refractivity contribution in [3.05, 3.63) is 71.3 Å². The van der Waals surface area contributed by atoms with E-state index < -0.39 is 23.7 Å². The van der Waals surface area contributed by atoms with Gasteiger partial charge in [0.25, 0.3) is 11.7 Å². The molecule has 29 heavy (non-hydrogen) atoms. The van der Waals surface area contributed by atoms with E-state index in [9.17, 15) is 19.5 Å². The van der Waals surface area contributed by atoms with Gasteiger partial charge in [0.2, 0.25) is 0 Å². The van der Waals surface area contributed by atoms with Crippen molar-refractivity contribution in [2.24, 2.45) is 0 Å². The molecule has 1 unspecified atom stereocenters. The molecule has 2 aromatic rings. The van der Waals surface area contributed by atoms with Crippen molar-refractivity contribution in [1.82, 2.24) is 4.90 Å². The number of rotatable bonds is 7. The van der Waals surface area contributed by atoms with Crippen LogP contribution in [0.15, 0.2) is 60.2 Å². The summed E-state index contributed by atoms with van der Waals surface area (Å²) in [6, 6.07) is 14.4. The van der Waals surface area contributed by atoms with Crippen LogP contribution in [0, 0.1) is 0 Å². The molecule has 7 heteroatoms. The van der Waals surface area contributed by atoms with Crippen LogP contribution in [0.25, 0.3) is 5.76 Å². The first-order valence-corrected chi connectivity index (χ1v) is 9.22. The highest BCUT2D eigenvalue weighted by Crippen LogP contribution is 2.39. The number of ether oxygens (including phenoxy) is 1. The van der Waals surface area contributed by atoms with E-state index >= 15 is 0 Å². The molecule has 0 radical (unpaired) electrons. The molecule has 1 heterocycles. The molecule has 0 spiro atoms. The summed E-state index contributed by atoms with van der Waals surface area (Å²) < 4.78 is 5.43. The lowest BCUT2D eigenvalue weighted by molar-refractivity contribution is -0.142. The van der Waals surface area contributed by atoms with E-state index in [1.807, 2.05) is 6.92 Å². The van der Waals surface area contributed by atoms with E-state index in [0.717, 1.165) is 0 Å². The third-order valence-corrected chi connectivity index (χ3v) is 4.66. The third-order valence-electron chi connectivity index (χ3n) is 4.66. The Morgan fingerprint density at radius 3 is 2.28 bits per heavy atom. The number of aliphatic hydroxyl groups excluding tert-OH is 1. The van der Waals surface area contributed by atoms with E-state index in [1.165, 1.54) is 4.90 Å². The Hall–Kier alpha value is -3.61. The third kappa shape index (κ3) is 4.13. The summed E-state index contributed by atoms with van der Waals surface area (Å²) in [5.41, 5.74) is 0.922. The first kappa shape index (κ1) is 20.1. The Bertz CT molecular complexity index is 949. The maximum Gasteiger partial charge on any atom is 0.305 e. The van der Waals surface area contributed by atoms with Crippen LogP contribution in [-0.4, -0.2) is 45.9 Å². The number of likely N-dealkylation sites (tertiary alicyclic amines) is 1. The van der Waals surface area contributed by atoms with E-state index in [2.05, 4.69) is 0 Å². The van der Waals surface area contributed by atoms with Crippen LogP contribution in [0.5, 0.6) is 5.75 Å². The fourth-order valence-electron chi connectivity index (χ4n) is 3.34. The second kappa shape index (κ2) is 8.60. The Balaban J connectivity index is 2.10. The average molecular weight is 395 g/mol. The number of carbonyl (C=O) groups excluding carboxylic acids is 2. The normalized spacial score (nSPS) is 18.1. The number of aliphatic hydroxyl groups is 1. The van der Waals surface area contributed by atoms with Gasteiger partial charge in [-0.1, -0.05) is 42.5 Å². The lowest BCUT2D eigenvalue weighted by atomic mass is 9.95. The predicted octanol–water partition coefficient (Wildman–Crippen LogP) is 2.98. The summed E-state index contributed by atoms with van der Waals surface area (Å²) >= 11 is 0. The molecule has 1 aliphatic heterocycles. The van der Waals surface area contributed by atoms with Crippen molar-refractivity contribution >= 4 is 23.4 Å². The number of Topliss-reactive ketones (excluding diaryl/α,β-unsaturated/α-hetero) is 1. The molecule has 0 aromatic heterocycles. The second-order valence-electron chi connectivity index (χ2n) is 6.50. The van der Waals surface area contributed by atoms with Gasteiger partial charge in [0.1, 0.15) is 11.5 Å². The van der Waals surface area contributed by atoms with Gasteiger partial charge in [-0.15, -0.1) is 0 Å². The van der Waals surface area contributed by atoms with Gasteiger partial charge in [-0.2, -0.15) is 0 Å². The molecule has 7 nitrogen and oxygen atoms in total. The number of benzene rings is 2. The molecule has 0 saturated carbocycles. The van der Waals surface area contributed by atoms with Crippen molar-refractivity contribution in [1.29, 1.82) is 0 Å². The smallest absolute Gasteiger partial charge is 0.305 e. The number of carboxylic acids is 1. The number of aliphatic carboxylic acids is 1. The largest absolute Gasteiger partial charge is 0.507 e. The zero-order chi connectivity index (χ0) is 21.0. The summed E-state index contributed by atoms with van der Waals surface area (Å²) in [4.78, 5) is 37.6. The van der Waals surface area contributed by atoms with E-state index in [0.29, 0.717) is 23.5 Å². The quantitative estimate of drug-likeness (QED) is 0.424. The van der Waals surface area contributed by atoms with E-state index in [-0.39, 0.29) is 24.3 Å². The molecule has 1 amide bonds. The first-order valence-electron chi connectivity index (χ1n) is 9.22. The summed E-state index contributed by atoms with van der Waals surface area (Å²) in [5.74, 6) is -2.42. The average Bonchev–Trinajstić information content (AvgIpc) is 2.98. The number of ketones is 1. The van der Waals surface area contributed by atoms with Crippen molar-refractivity contribution in [3.8, 4) is 5.75 Å². The van der Waals surface area contributed by atoms with Gasteiger partial charge < -0.3 is 19.8 Å². The summed E-state index contributed by atoms with van der Waals surface area (Å²) in [5, 5.41) is 19.8. The Morgan fingerprint density at radius 1 is 1.03 bits per heavy atom. The highest BCUT2D eigenvalue weighted by atomic mass is 16.5. The van der Waals surface area contributed by atoms with Crippen LogP contribution >= 0.6 is 0 Å². The zero-order valence-corrected chi connectivity index (χ0v) is 15.9. The van der Waals surface area contributed by atoms with Gasteiger partial charge in [-0.05, 0) is 24.6 Å². The predicted molar refractivity (Wildman–Crippen MR) is 105 cm³/mol. The molecule has 1 aliphatic rings. The molecule has 1 saturated heterocycles. The molecule has 2 N–H and O–H groups in total. The number of amides is 1. The van der Waals surface area contributed by atoms with Crippen LogP contribution < -0.4 is 4.74 Å². The Kier molecular flexibility index (Phi) is 5.97. The minimum absolute atomic E-state index is 0.0595. The topological polar surface area (TPSA) is 104 Å². The fourth-order valence-corrected chi connectivity index (χ4v) is 3.34. The molecule has 0 aliphatic carbocycles. The maximum absolute atomic E-state index is 12.7. The fraction of sp³-hybridized carbons (Fsp3) is 0.227. The molecular formula is C22H21NO6. The number of nitrogens with zero attached hydrogens (tertiary/aromatic N) is 1. The Morgan fingerprint density at radius 2 is 1.69 bits per heavy atom.